The molecule has 2 aromatic rings. The van der Waals surface area contributed by atoms with Crippen molar-refractivity contribution in [1.29, 1.82) is 0 Å². The van der Waals surface area contributed by atoms with E-state index in [9.17, 15) is 17.2 Å². The van der Waals surface area contributed by atoms with Gasteiger partial charge in [-0.05, 0) is 49.7 Å². The van der Waals surface area contributed by atoms with Crippen molar-refractivity contribution in [3.63, 3.8) is 0 Å². The fraction of sp³-hybridized carbons (Fsp3) is 0.389. The number of likely N-dealkylation sites (N-methyl/N-ethyl adjacent to an activating group) is 1. The smallest absolute Gasteiger partial charge is 0.213 e. The number of hydrogen-bond donors (Lipinski definition) is 1. The van der Waals surface area contributed by atoms with Crippen molar-refractivity contribution in [2.75, 3.05) is 25.0 Å². The molecule has 0 bridgehead atoms. The third-order valence-corrected chi connectivity index (χ3v) is 6.32. The Labute approximate surface area is 152 Å². The van der Waals surface area contributed by atoms with E-state index in [0.29, 0.717) is 11.3 Å². The average molecular weight is 381 g/mol. The predicted molar refractivity (Wildman–Crippen MR) is 95.9 cm³/mol. The maximum Gasteiger partial charge on any atom is 0.213 e. The number of nitrogens with zero attached hydrogens (tertiary/aromatic N) is 2. The van der Waals surface area contributed by atoms with Crippen molar-refractivity contribution in [3.8, 4) is 0 Å². The normalized spacial score (nSPS) is 17.5. The maximum absolute atomic E-state index is 14.6. The second kappa shape index (κ2) is 7.28. The molecule has 1 aliphatic heterocycles. The number of nitrogens with one attached hydrogen (secondary N) is 1. The number of rotatable bonds is 5. The van der Waals surface area contributed by atoms with E-state index in [-0.39, 0.29) is 16.6 Å². The summed E-state index contributed by atoms with van der Waals surface area (Å²) in [5.41, 5.74) is 1.38. The number of hydrogen-bond acceptors (Lipinski definition) is 5. The van der Waals surface area contributed by atoms with Crippen LogP contribution in [0.15, 0.2) is 35.2 Å². The van der Waals surface area contributed by atoms with Gasteiger partial charge < -0.3 is 10.2 Å². The van der Waals surface area contributed by atoms with Crippen LogP contribution < -0.4 is 10.2 Å². The molecule has 0 unspecified atom stereocenters. The van der Waals surface area contributed by atoms with Gasteiger partial charge in [-0.15, -0.1) is 0 Å². The zero-order valence-electron chi connectivity index (χ0n) is 14.7. The molecular weight excluding hydrogens is 360 g/mol. The van der Waals surface area contributed by atoms with Gasteiger partial charge in [-0.25, -0.2) is 17.8 Å². The average Bonchev–Trinajstić information content (AvgIpc) is 3.10. The highest BCUT2D eigenvalue weighted by Gasteiger charge is 2.25. The second-order valence-electron chi connectivity index (χ2n) is 6.54. The highest BCUT2D eigenvalue weighted by atomic mass is 32.2. The lowest BCUT2D eigenvalue weighted by molar-refractivity contribution is 0.561. The van der Waals surface area contributed by atoms with Gasteiger partial charge in [0.25, 0.3) is 0 Å². The lowest BCUT2D eigenvalue weighted by atomic mass is 10.1. The predicted octanol–water partition coefficient (Wildman–Crippen LogP) is 2.44. The third kappa shape index (κ3) is 3.86. The van der Waals surface area contributed by atoms with Gasteiger partial charge in [-0.2, -0.15) is 4.39 Å². The summed E-state index contributed by atoms with van der Waals surface area (Å²) in [5.74, 6) is -2.13. The van der Waals surface area contributed by atoms with Gasteiger partial charge in [-0.1, -0.05) is 6.07 Å². The van der Waals surface area contributed by atoms with E-state index in [4.69, 9.17) is 0 Å². The standard InChI is InChI=1S/C18H21F2N3O2S/c1-12-8-17(26(24,25)11-13-4-3-5-18(20)22-13)15(19)9-16(12)23(2)14-6-7-21-10-14/h3-5,8-9,14,21H,6-7,10-11H2,1-2H3/t14-/m0/s1. The molecule has 1 aromatic carbocycles. The zero-order valence-corrected chi connectivity index (χ0v) is 15.5. The Morgan fingerprint density at radius 1 is 1.31 bits per heavy atom. The van der Waals surface area contributed by atoms with Gasteiger partial charge in [0, 0.05) is 25.3 Å². The van der Waals surface area contributed by atoms with Crippen LogP contribution in [-0.2, 0) is 15.6 Å². The number of pyridine rings is 1. The molecule has 2 heterocycles. The minimum Gasteiger partial charge on any atom is -0.370 e. The van der Waals surface area contributed by atoms with Crippen LogP contribution in [0.3, 0.4) is 0 Å². The van der Waals surface area contributed by atoms with Crippen LogP contribution >= 0.6 is 0 Å². The molecule has 26 heavy (non-hydrogen) atoms. The van der Waals surface area contributed by atoms with E-state index in [1.54, 1.807) is 6.92 Å². The number of halogens is 2. The Morgan fingerprint density at radius 3 is 2.73 bits per heavy atom. The lowest BCUT2D eigenvalue weighted by Crippen LogP contribution is -2.34. The van der Waals surface area contributed by atoms with E-state index in [0.717, 1.165) is 25.6 Å². The first-order chi connectivity index (χ1) is 12.3. The lowest BCUT2D eigenvalue weighted by Gasteiger charge is -2.28. The molecule has 0 saturated carbocycles. The van der Waals surface area contributed by atoms with E-state index < -0.39 is 27.4 Å². The van der Waals surface area contributed by atoms with Gasteiger partial charge >= 0.3 is 0 Å². The minimum absolute atomic E-state index is 0.0419. The first kappa shape index (κ1) is 18.7. The Hall–Kier alpha value is -2.06. The van der Waals surface area contributed by atoms with Crippen LogP contribution in [0.25, 0.3) is 0 Å². The molecule has 0 amide bonds. The van der Waals surface area contributed by atoms with E-state index in [2.05, 4.69) is 10.3 Å². The summed E-state index contributed by atoms with van der Waals surface area (Å²) in [7, 11) is -2.10. The second-order valence-corrected chi connectivity index (χ2v) is 8.50. The van der Waals surface area contributed by atoms with Crippen molar-refractivity contribution < 1.29 is 17.2 Å². The Balaban J connectivity index is 1.91. The Bertz CT molecular complexity index is 913. The molecule has 3 rings (SSSR count). The summed E-state index contributed by atoms with van der Waals surface area (Å²) in [6, 6.07) is 6.76. The van der Waals surface area contributed by atoms with E-state index in [1.807, 2.05) is 11.9 Å². The van der Waals surface area contributed by atoms with Crippen molar-refractivity contribution >= 4 is 15.5 Å². The summed E-state index contributed by atoms with van der Waals surface area (Å²) in [6.45, 7) is 3.47. The van der Waals surface area contributed by atoms with Gasteiger partial charge in [0.1, 0.15) is 10.7 Å². The minimum atomic E-state index is -3.98. The first-order valence-corrected chi connectivity index (χ1v) is 10.0. The monoisotopic (exact) mass is 381 g/mol. The third-order valence-electron chi connectivity index (χ3n) is 4.66. The molecule has 1 aliphatic rings. The van der Waals surface area contributed by atoms with Crippen LogP contribution in [0.2, 0.25) is 0 Å². The summed E-state index contributed by atoms with van der Waals surface area (Å²) in [6.07, 6.45) is 0.947. The Kier molecular flexibility index (Phi) is 5.24. The summed E-state index contributed by atoms with van der Waals surface area (Å²) in [5, 5.41) is 3.26. The maximum atomic E-state index is 14.6. The molecule has 140 valence electrons. The largest absolute Gasteiger partial charge is 0.370 e. The summed E-state index contributed by atoms with van der Waals surface area (Å²) in [4.78, 5) is 5.14. The highest BCUT2D eigenvalue weighted by molar-refractivity contribution is 7.90. The number of anilines is 1. The summed E-state index contributed by atoms with van der Waals surface area (Å²) < 4.78 is 53.0. The zero-order chi connectivity index (χ0) is 18.9. The first-order valence-electron chi connectivity index (χ1n) is 8.36. The van der Waals surface area contributed by atoms with Gasteiger partial charge in [0.05, 0.1) is 11.4 Å². The molecule has 0 radical (unpaired) electrons. The van der Waals surface area contributed by atoms with Crippen LogP contribution in [0.4, 0.5) is 14.5 Å². The van der Waals surface area contributed by atoms with E-state index >= 15 is 0 Å². The van der Waals surface area contributed by atoms with Crippen molar-refractivity contribution in [1.82, 2.24) is 10.3 Å². The SMILES string of the molecule is Cc1cc(S(=O)(=O)Cc2cccc(F)n2)c(F)cc1N(C)[C@H]1CCNC1. The molecule has 0 spiro atoms. The highest BCUT2D eigenvalue weighted by Crippen LogP contribution is 2.29. The topological polar surface area (TPSA) is 62.3 Å². The molecule has 1 N–H and O–H groups in total. The molecule has 1 saturated heterocycles. The molecule has 5 nitrogen and oxygen atoms in total. The Morgan fingerprint density at radius 2 is 2.08 bits per heavy atom. The van der Waals surface area contributed by atoms with E-state index in [1.165, 1.54) is 24.3 Å². The van der Waals surface area contributed by atoms with Gasteiger partial charge in [-0.3, -0.25) is 0 Å². The number of aromatic nitrogens is 1. The fourth-order valence-corrected chi connectivity index (χ4v) is 4.65. The molecule has 1 aromatic heterocycles. The van der Waals surface area contributed by atoms with Crippen molar-refractivity contribution in [3.05, 3.63) is 53.4 Å². The molecule has 1 atom stereocenters. The molecule has 1 fully saturated rings. The number of aryl methyl sites for hydroxylation is 1. The molecular formula is C18H21F2N3O2S. The quantitative estimate of drug-likeness (QED) is 0.806. The van der Waals surface area contributed by atoms with Crippen molar-refractivity contribution in [2.45, 2.75) is 30.0 Å². The molecule has 8 heteroatoms. The van der Waals surface area contributed by atoms with Crippen LogP contribution in [-0.4, -0.2) is 39.6 Å². The summed E-state index contributed by atoms with van der Waals surface area (Å²) >= 11 is 0. The number of benzene rings is 1. The van der Waals surface area contributed by atoms with Crippen LogP contribution in [0, 0.1) is 18.7 Å². The number of sulfone groups is 1. The van der Waals surface area contributed by atoms with Gasteiger partial charge in [0.15, 0.2) is 9.84 Å². The fourth-order valence-electron chi connectivity index (χ4n) is 3.23. The van der Waals surface area contributed by atoms with Gasteiger partial charge in [0.2, 0.25) is 5.95 Å². The van der Waals surface area contributed by atoms with Crippen LogP contribution in [0.5, 0.6) is 0 Å². The van der Waals surface area contributed by atoms with Crippen molar-refractivity contribution in [2.24, 2.45) is 0 Å². The molecule has 0 aliphatic carbocycles. The van der Waals surface area contributed by atoms with Crippen LogP contribution in [0.1, 0.15) is 17.7 Å².